The van der Waals surface area contributed by atoms with Crippen molar-refractivity contribution >= 4 is 12.2 Å². The second kappa shape index (κ2) is 8.64. The zero-order chi connectivity index (χ0) is 16.7. The maximum absolute atomic E-state index is 12.0. The van der Waals surface area contributed by atoms with E-state index < -0.39 is 0 Å². The van der Waals surface area contributed by atoms with Crippen molar-refractivity contribution in [3.05, 3.63) is 29.8 Å². The number of carbonyl (C=O) groups excluding carboxylic acids is 2. The smallest absolute Gasteiger partial charge is 0.258 e. The Labute approximate surface area is 137 Å². The summed E-state index contributed by atoms with van der Waals surface area (Å²) in [5.74, 6) is 0.261. The van der Waals surface area contributed by atoms with Gasteiger partial charge in [-0.2, -0.15) is 0 Å². The summed E-state index contributed by atoms with van der Waals surface area (Å²) in [7, 11) is 2.12. The minimum Gasteiger partial charge on any atom is -0.483 e. The van der Waals surface area contributed by atoms with Gasteiger partial charge < -0.3 is 15.0 Å². The molecule has 2 rings (SSSR count). The van der Waals surface area contributed by atoms with E-state index >= 15 is 0 Å². The number of carbonyl (C=O) groups is 2. The molecule has 0 bridgehead atoms. The minimum absolute atomic E-state index is 0.0656. The van der Waals surface area contributed by atoms with E-state index in [9.17, 15) is 9.59 Å². The molecule has 0 radical (unpaired) electrons. The summed E-state index contributed by atoms with van der Waals surface area (Å²) in [5.41, 5.74) is 0.450. The van der Waals surface area contributed by atoms with Gasteiger partial charge in [0.2, 0.25) is 0 Å². The molecule has 1 aromatic rings. The quantitative estimate of drug-likeness (QED) is 0.747. The average molecular weight is 319 g/mol. The van der Waals surface area contributed by atoms with Crippen molar-refractivity contribution < 1.29 is 14.3 Å². The molecule has 1 atom stereocenters. The van der Waals surface area contributed by atoms with Gasteiger partial charge in [0, 0.05) is 38.8 Å². The van der Waals surface area contributed by atoms with Crippen LogP contribution in [0.15, 0.2) is 24.3 Å². The lowest BCUT2D eigenvalue weighted by Gasteiger charge is -2.34. The summed E-state index contributed by atoms with van der Waals surface area (Å²) in [4.78, 5) is 27.5. The molecule has 1 aromatic carbocycles. The van der Waals surface area contributed by atoms with Crippen molar-refractivity contribution in [2.24, 2.45) is 0 Å². The standard InChI is InChI=1S/C17H25N3O3/c1-14(11-20-9-7-19(2)8-10-20)18-17(22)13-23-16-6-4-3-5-15(16)12-21/h3-6,12,14H,7-11,13H2,1-2H3,(H,18,22). The highest BCUT2D eigenvalue weighted by molar-refractivity contribution is 5.80. The van der Waals surface area contributed by atoms with Crippen molar-refractivity contribution in [2.45, 2.75) is 13.0 Å². The number of benzene rings is 1. The Bertz CT molecular complexity index is 528. The molecule has 23 heavy (non-hydrogen) atoms. The lowest BCUT2D eigenvalue weighted by molar-refractivity contribution is -0.123. The first-order valence-electron chi connectivity index (χ1n) is 7.95. The van der Waals surface area contributed by atoms with Gasteiger partial charge in [0.15, 0.2) is 12.9 Å². The zero-order valence-electron chi connectivity index (χ0n) is 13.8. The number of likely N-dealkylation sites (N-methyl/N-ethyl adjacent to an activating group) is 1. The zero-order valence-corrected chi connectivity index (χ0v) is 13.8. The molecule has 1 fully saturated rings. The van der Waals surface area contributed by atoms with Gasteiger partial charge in [-0.05, 0) is 26.1 Å². The van der Waals surface area contributed by atoms with E-state index in [1.54, 1.807) is 24.3 Å². The van der Waals surface area contributed by atoms with Crippen LogP contribution >= 0.6 is 0 Å². The highest BCUT2D eigenvalue weighted by Gasteiger charge is 2.17. The Balaban J connectivity index is 1.72. The molecule has 0 saturated carbocycles. The van der Waals surface area contributed by atoms with Crippen LogP contribution in [0.4, 0.5) is 0 Å². The summed E-state index contributed by atoms with van der Waals surface area (Å²) < 4.78 is 5.43. The van der Waals surface area contributed by atoms with E-state index in [0.717, 1.165) is 39.0 Å². The van der Waals surface area contributed by atoms with Crippen LogP contribution in [0.3, 0.4) is 0 Å². The molecule has 0 aromatic heterocycles. The molecule has 1 N–H and O–H groups in total. The summed E-state index contributed by atoms with van der Waals surface area (Å²) >= 11 is 0. The highest BCUT2D eigenvalue weighted by Crippen LogP contribution is 2.15. The Morgan fingerprint density at radius 3 is 2.70 bits per heavy atom. The molecular formula is C17H25N3O3. The number of hydrogen-bond donors (Lipinski definition) is 1. The third-order valence-electron chi connectivity index (χ3n) is 3.94. The Hall–Kier alpha value is -1.92. The predicted molar refractivity (Wildman–Crippen MR) is 88.9 cm³/mol. The Kier molecular flexibility index (Phi) is 6.55. The van der Waals surface area contributed by atoms with Gasteiger partial charge in [0.25, 0.3) is 5.91 Å². The van der Waals surface area contributed by atoms with Crippen LogP contribution in [-0.2, 0) is 4.79 Å². The van der Waals surface area contributed by atoms with Crippen molar-refractivity contribution in [3.8, 4) is 5.75 Å². The summed E-state index contributed by atoms with van der Waals surface area (Å²) in [5, 5.41) is 2.94. The monoisotopic (exact) mass is 319 g/mol. The number of aldehydes is 1. The van der Waals surface area contributed by atoms with E-state index in [1.807, 2.05) is 6.92 Å². The van der Waals surface area contributed by atoms with Gasteiger partial charge in [0.1, 0.15) is 5.75 Å². The molecule has 1 unspecified atom stereocenters. The second-order valence-corrected chi connectivity index (χ2v) is 6.02. The number of para-hydroxylation sites is 1. The highest BCUT2D eigenvalue weighted by atomic mass is 16.5. The predicted octanol–water partition coefficient (Wildman–Crippen LogP) is 0.630. The normalized spacial score (nSPS) is 17.5. The summed E-state index contributed by atoms with van der Waals surface area (Å²) in [6, 6.07) is 6.95. The van der Waals surface area contributed by atoms with E-state index in [4.69, 9.17) is 4.74 Å². The first kappa shape index (κ1) is 17.4. The van der Waals surface area contributed by atoms with Crippen LogP contribution in [0.2, 0.25) is 0 Å². The molecule has 1 heterocycles. The number of rotatable bonds is 7. The average Bonchev–Trinajstić information content (AvgIpc) is 2.55. The largest absolute Gasteiger partial charge is 0.483 e. The van der Waals surface area contributed by atoms with Gasteiger partial charge in [-0.25, -0.2) is 0 Å². The minimum atomic E-state index is -0.174. The molecule has 1 saturated heterocycles. The molecular weight excluding hydrogens is 294 g/mol. The number of amides is 1. The third kappa shape index (κ3) is 5.65. The lowest BCUT2D eigenvalue weighted by atomic mass is 10.2. The number of nitrogens with zero attached hydrogens (tertiary/aromatic N) is 2. The molecule has 1 aliphatic rings. The Morgan fingerprint density at radius 2 is 2.00 bits per heavy atom. The van der Waals surface area contributed by atoms with Crippen LogP contribution in [0.5, 0.6) is 5.75 Å². The maximum atomic E-state index is 12.0. The fraction of sp³-hybridized carbons (Fsp3) is 0.529. The topological polar surface area (TPSA) is 61.9 Å². The van der Waals surface area contributed by atoms with Gasteiger partial charge in [-0.15, -0.1) is 0 Å². The van der Waals surface area contributed by atoms with Gasteiger partial charge in [-0.3, -0.25) is 14.5 Å². The van der Waals surface area contributed by atoms with Gasteiger partial charge in [0.05, 0.1) is 5.56 Å². The maximum Gasteiger partial charge on any atom is 0.258 e. The SMILES string of the molecule is CC(CN1CCN(C)CC1)NC(=O)COc1ccccc1C=O. The van der Waals surface area contributed by atoms with E-state index in [0.29, 0.717) is 11.3 Å². The fourth-order valence-corrected chi connectivity index (χ4v) is 2.63. The van der Waals surface area contributed by atoms with Crippen molar-refractivity contribution in [2.75, 3.05) is 46.4 Å². The van der Waals surface area contributed by atoms with E-state index in [-0.39, 0.29) is 18.6 Å². The van der Waals surface area contributed by atoms with Crippen molar-refractivity contribution in [1.29, 1.82) is 0 Å². The second-order valence-electron chi connectivity index (χ2n) is 6.02. The van der Waals surface area contributed by atoms with Gasteiger partial charge in [-0.1, -0.05) is 12.1 Å². The number of ether oxygens (including phenoxy) is 1. The third-order valence-corrected chi connectivity index (χ3v) is 3.94. The van der Waals surface area contributed by atoms with Crippen LogP contribution in [0.25, 0.3) is 0 Å². The van der Waals surface area contributed by atoms with Crippen LogP contribution in [-0.4, -0.2) is 74.4 Å². The summed E-state index contributed by atoms with van der Waals surface area (Å²) in [6.45, 7) is 6.93. The molecule has 6 nitrogen and oxygen atoms in total. The van der Waals surface area contributed by atoms with Crippen LogP contribution in [0, 0.1) is 0 Å². The number of hydrogen-bond acceptors (Lipinski definition) is 5. The van der Waals surface area contributed by atoms with Crippen LogP contribution in [0.1, 0.15) is 17.3 Å². The lowest BCUT2D eigenvalue weighted by Crippen LogP contribution is -2.50. The van der Waals surface area contributed by atoms with Crippen molar-refractivity contribution in [3.63, 3.8) is 0 Å². The first-order chi connectivity index (χ1) is 11.1. The van der Waals surface area contributed by atoms with Crippen molar-refractivity contribution in [1.82, 2.24) is 15.1 Å². The van der Waals surface area contributed by atoms with Gasteiger partial charge >= 0.3 is 0 Å². The molecule has 126 valence electrons. The Morgan fingerprint density at radius 1 is 1.30 bits per heavy atom. The summed E-state index contributed by atoms with van der Waals surface area (Å²) in [6.07, 6.45) is 0.725. The number of piperazine rings is 1. The molecule has 6 heteroatoms. The fourth-order valence-electron chi connectivity index (χ4n) is 2.63. The van der Waals surface area contributed by atoms with Crippen LogP contribution < -0.4 is 10.1 Å². The number of nitrogens with one attached hydrogen (secondary N) is 1. The molecule has 0 spiro atoms. The van der Waals surface area contributed by atoms with E-state index in [1.165, 1.54) is 0 Å². The first-order valence-corrected chi connectivity index (χ1v) is 7.95. The molecule has 0 aliphatic carbocycles. The molecule has 1 aliphatic heterocycles. The molecule has 1 amide bonds. The van der Waals surface area contributed by atoms with E-state index in [2.05, 4.69) is 22.2 Å².